The molecule has 70 valence electrons. The molecule has 0 amide bonds. The second-order valence-electron chi connectivity index (χ2n) is 2.35. The first kappa shape index (κ1) is 9.34. The molecule has 4 N–H and O–H groups in total. The van der Waals surface area contributed by atoms with Crippen molar-refractivity contribution in [2.24, 2.45) is 5.84 Å². The molecule has 5 nitrogen and oxygen atoms in total. The average molecular weight is 182 g/mol. The molecule has 0 aliphatic rings. The number of carbonyl (C=O) groups is 1. The van der Waals surface area contributed by atoms with Gasteiger partial charge in [-0.05, 0) is 12.1 Å². The molecular weight excluding hydrogens is 172 g/mol. The van der Waals surface area contributed by atoms with Gasteiger partial charge in [-0.3, -0.25) is 5.84 Å². The largest absolute Gasteiger partial charge is 0.482 e. The Morgan fingerprint density at radius 3 is 3.00 bits per heavy atom. The minimum atomic E-state index is -1.01. The Labute approximate surface area is 75.1 Å². The molecule has 1 aromatic carbocycles. The normalized spacial score (nSPS) is 9.31. The molecular formula is C8H10N2O3. The lowest BCUT2D eigenvalue weighted by molar-refractivity contribution is -0.139. The molecule has 5 heteroatoms. The number of carboxylic acids is 1. The van der Waals surface area contributed by atoms with Gasteiger partial charge in [0.2, 0.25) is 0 Å². The molecule has 0 fully saturated rings. The van der Waals surface area contributed by atoms with Gasteiger partial charge in [0.1, 0.15) is 5.75 Å². The zero-order chi connectivity index (χ0) is 9.68. The van der Waals surface area contributed by atoms with E-state index in [1.165, 1.54) is 0 Å². The van der Waals surface area contributed by atoms with E-state index >= 15 is 0 Å². The molecule has 0 atom stereocenters. The number of carboxylic acid groups (broad SMARTS) is 1. The molecule has 0 heterocycles. The minimum absolute atomic E-state index is 0.353. The van der Waals surface area contributed by atoms with E-state index in [9.17, 15) is 4.79 Å². The summed E-state index contributed by atoms with van der Waals surface area (Å²) in [5, 5.41) is 8.34. The Balaban J connectivity index is 2.61. The van der Waals surface area contributed by atoms with E-state index in [1.807, 2.05) is 0 Å². The second-order valence-corrected chi connectivity index (χ2v) is 2.35. The maximum absolute atomic E-state index is 10.2. The fourth-order valence-corrected chi connectivity index (χ4v) is 0.821. The zero-order valence-corrected chi connectivity index (χ0v) is 6.86. The minimum Gasteiger partial charge on any atom is -0.482 e. The van der Waals surface area contributed by atoms with Crippen molar-refractivity contribution in [2.75, 3.05) is 12.0 Å². The number of nitrogen functional groups attached to an aromatic ring is 1. The number of nitrogens with one attached hydrogen (secondary N) is 1. The van der Waals surface area contributed by atoms with Crippen LogP contribution in [0.1, 0.15) is 0 Å². The first-order valence-electron chi connectivity index (χ1n) is 3.63. The van der Waals surface area contributed by atoms with Crippen molar-refractivity contribution in [1.82, 2.24) is 0 Å². The van der Waals surface area contributed by atoms with E-state index in [1.54, 1.807) is 24.3 Å². The van der Waals surface area contributed by atoms with Gasteiger partial charge in [-0.25, -0.2) is 4.79 Å². The molecule has 0 aromatic heterocycles. The number of hydrogen-bond acceptors (Lipinski definition) is 4. The molecule has 0 unspecified atom stereocenters. The summed E-state index contributed by atoms with van der Waals surface area (Å²) in [6.45, 7) is -0.353. The number of rotatable bonds is 4. The summed E-state index contributed by atoms with van der Waals surface area (Å²) in [5.41, 5.74) is 3.10. The van der Waals surface area contributed by atoms with Gasteiger partial charge in [0.15, 0.2) is 6.61 Å². The fraction of sp³-hybridized carbons (Fsp3) is 0.125. The Hall–Kier alpha value is -1.75. The van der Waals surface area contributed by atoms with Crippen molar-refractivity contribution in [1.29, 1.82) is 0 Å². The molecule has 1 aromatic rings. The maximum Gasteiger partial charge on any atom is 0.341 e. The summed E-state index contributed by atoms with van der Waals surface area (Å²) < 4.78 is 4.91. The van der Waals surface area contributed by atoms with Gasteiger partial charge in [-0.2, -0.15) is 0 Å². The fourth-order valence-electron chi connectivity index (χ4n) is 0.821. The monoisotopic (exact) mass is 182 g/mol. The number of ether oxygens (including phenoxy) is 1. The second kappa shape index (κ2) is 4.32. The van der Waals surface area contributed by atoms with Gasteiger partial charge in [0.25, 0.3) is 0 Å². The molecule has 0 saturated carbocycles. The van der Waals surface area contributed by atoms with Crippen LogP contribution in [0.15, 0.2) is 24.3 Å². The van der Waals surface area contributed by atoms with Crippen LogP contribution in [0.5, 0.6) is 5.75 Å². The van der Waals surface area contributed by atoms with Crippen molar-refractivity contribution in [3.05, 3.63) is 24.3 Å². The Bertz CT molecular complexity index is 301. The van der Waals surface area contributed by atoms with Gasteiger partial charge in [-0.15, -0.1) is 0 Å². The van der Waals surface area contributed by atoms with Gasteiger partial charge in [-0.1, -0.05) is 6.07 Å². The van der Waals surface area contributed by atoms with Gasteiger partial charge >= 0.3 is 5.97 Å². The quantitative estimate of drug-likeness (QED) is 0.464. The summed E-state index contributed by atoms with van der Waals surface area (Å²) in [4.78, 5) is 10.2. The number of nitrogens with two attached hydrogens (primary N) is 1. The van der Waals surface area contributed by atoms with Crippen molar-refractivity contribution in [3.8, 4) is 5.75 Å². The van der Waals surface area contributed by atoms with Crippen LogP contribution in [-0.4, -0.2) is 17.7 Å². The Morgan fingerprint density at radius 1 is 1.62 bits per heavy atom. The standard InChI is InChI=1S/C8H10N2O3/c9-10-6-2-1-3-7(4-6)13-5-8(11)12/h1-4,10H,5,9H2,(H,11,12). The predicted octanol–water partition coefficient (Wildman–Crippen LogP) is 0.436. The van der Waals surface area contributed by atoms with E-state index in [0.29, 0.717) is 11.4 Å². The third kappa shape index (κ3) is 3.00. The molecule has 0 saturated heterocycles. The highest BCUT2D eigenvalue weighted by Crippen LogP contribution is 2.15. The number of hydrazine groups is 1. The highest BCUT2D eigenvalue weighted by molar-refractivity contribution is 5.68. The third-order valence-corrected chi connectivity index (χ3v) is 1.36. The van der Waals surface area contributed by atoms with Gasteiger partial charge in [0.05, 0.1) is 5.69 Å². The summed E-state index contributed by atoms with van der Waals surface area (Å²) in [6, 6.07) is 6.73. The van der Waals surface area contributed by atoms with Crippen LogP contribution in [0.25, 0.3) is 0 Å². The lowest BCUT2D eigenvalue weighted by atomic mass is 10.3. The predicted molar refractivity (Wildman–Crippen MR) is 47.4 cm³/mol. The van der Waals surface area contributed by atoms with E-state index in [0.717, 1.165) is 0 Å². The first-order chi connectivity index (χ1) is 6.22. The Morgan fingerprint density at radius 2 is 2.38 bits per heavy atom. The molecule has 13 heavy (non-hydrogen) atoms. The molecule has 0 bridgehead atoms. The lowest BCUT2D eigenvalue weighted by Crippen LogP contribution is -2.10. The SMILES string of the molecule is NNc1cccc(OCC(=O)O)c1. The topological polar surface area (TPSA) is 84.6 Å². The highest BCUT2D eigenvalue weighted by Gasteiger charge is 1.99. The van der Waals surface area contributed by atoms with Crippen molar-refractivity contribution in [2.45, 2.75) is 0 Å². The Kier molecular flexibility index (Phi) is 3.10. The molecule has 0 radical (unpaired) electrons. The summed E-state index contributed by atoms with van der Waals surface area (Å²) in [5.74, 6) is 4.61. The van der Waals surface area contributed by atoms with Crippen molar-refractivity contribution in [3.63, 3.8) is 0 Å². The van der Waals surface area contributed by atoms with E-state index in [-0.39, 0.29) is 6.61 Å². The first-order valence-corrected chi connectivity index (χ1v) is 3.63. The highest BCUT2D eigenvalue weighted by atomic mass is 16.5. The van der Waals surface area contributed by atoms with Crippen LogP contribution < -0.4 is 16.0 Å². The summed E-state index contributed by atoms with van der Waals surface area (Å²) in [7, 11) is 0. The summed E-state index contributed by atoms with van der Waals surface area (Å²) >= 11 is 0. The average Bonchev–Trinajstić information content (AvgIpc) is 2.15. The van der Waals surface area contributed by atoms with Crippen LogP contribution in [0.3, 0.4) is 0 Å². The van der Waals surface area contributed by atoms with Crippen LogP contribution in [-0.2, 0) is 4.79 Å². The lowest BCUT2D eigenvalue weighted by Gasteiger charge is -2.04. The zero-order valence-electron chi connectivity index (χ0n) is 6.86. The molecule has 0 aliphatic carbocycles. The van der Waals surface area contributed by atoms with Gasteiger partial charge < -0.3 is 15.3 Å². The maximum atomic E-state index is 10.2. The van der Waals surface area contributed by atoms with E-state index < -0.39 is 5.97 Å². The van der Waals surface area contributed by atoms with Crippen LogP contribution >= 0.6 is 0 Å². The number of benzene rings is 1. The van der Waals surface area contributed by atoms with Gasteiger partial charge in [0, 0.05) is 6.07 Å². The van der Waals surface area contributed by atoms with Crippen LogP contribution in [0, 0.1) is 0 Å². The van der Waals surface area contributed by atoms with E-state index in [4.69, 9.17) is 15.7 Å². The summed E-state index contributed by atoms with van der Waals surface area (Å²) in [6.07, 6.45) is 0. The van der Waals surface area contributed by atoms with Crippen molar-refractivity contribution >= 4 is 11.7 Å². The van der Waals surface area contributed by atoms with Crippen molar-refractivity contribution < 1.29 is 14.6 Å². The number of anilines is 1. The molecule has 1 rings (SSSR count). The van der Waals surface area contributed by atoms with Crippen LogP contribution in [0.4, 0.5) is 5.69 Å². The molecule has 0 aliphatic heterocycles. The smallest absolute Gasteiger partial charge is 0.341 e. The third-order valence-electron chi connectivity index (χ3n) is 1.36. The number of hydrogen-bond donors (Lipinski definition) is 3. The number of aliphatic carboxylic acids is 1. The van der Waals surface area contributed by atoms with Crippen LogP contribution in [0.2, 0.25) is 0 Å². The molecule has 0 spiro atoms. The van der Waals surface area contributed by atoms with E-state index in [2.05, 4.69) is 5.43 Å².